The summed E-state index contributed by atoms with van der Waals surface area (Å²) in [6, 6.07) is 11.9. The molecule has 0 saturated heterocycles. The zero-order chi connectivity index (χ0) is 17.3. The van der Waals surface area contributed by atoms with E-state index in [1.165, 1.54) is 22.2 Å². The van der Waals surface area contributed by atoms with Gasteiger partial charge in [-0.05, 0) is 61.3 Å². The maximum absolute atomic E-state index is 6.16. The minimum Gasteiger partial charge on any atom is -0.497 e. The molecule has 0 amide bonds. The summed E-state index contributed by atoms with van der Waals surface area (Å²) < 4.78 is 7.67. The van der Waals surface area contributed by atoms with Crippen molar-refractivity contribution in [2.45, 2.75) is 19.9 Å². The number of hydrogen-bond donors (Lipinski definition) is 1. The fraction of sp³-hybridized carbons (Fsp3) is 0.263. The molecule has 3 nitrogen and oxygen atoms in total. The first-order chi connectivity index (χ1) is 11.5. The molecule has 0 fully saturated rings. The van der Waals surface area contributed by atoms with E-state index in [0.29, 0.717) is 16.6 Å². The van der Waals surface area contributed by atoms with Crippen LogP contribution in [0.3, 0.4) is 0 Å². The average molecular weight is 363 g/mol. The summed E-state index contributed by atoms with van der Waals surface area (Å²) in [6.45, 7) is 3.48. The maximum atomic E-state index is 6.16. The van der Waals surface area contributed by atoms with Gasteiger partial charge in [-0.15, -0.1) is 0 Å². The first-order valence-corrected chi connectivity index (χ1v) is 8.60. The Labute approximate surface area is 151 Å². The third-order valence-corrected chi connectivity index (χ3v) is 5.12. The molecule has 1 aromatic heterocycles. The number of nitrogens with zero attached hydrogens (tertiary/aromatic N) is 1. The predicted molar refractivity (Wildman–Crippen MR) is 102 cm³/mol. The van der Waals surface area contributed by atoms with Crippen molar-refractivity contribution in [3.8, 4) is 5.75 Å². The van der Waals surface area contributed by atoms with Crippen molar-refractivity contribution >= 4 is 34.1 Å². The topological polar surface area (TPSA) is 40.2 Å². The van der Waals surface area contributed by atoms with Crippen LogP contribution in [0.2, 0.25) is 10.0 Å². The lowest BCUT2D eigenvalue weighted by Gasteiger charge is -2.10. The van der Waals surface area contributed by atoms with Crippen LogP contribution in [0.5, 0.6) is 5.75 Å². The molecule has 5 heteroatoms. The molecule has 0 aliphatic carbocycles. The van der Waals surface area contributed by atoms with Crippen molar-refractivity contribution < 1.29 is 4.74 Å². The lowest BCUT2D eigenvalue weighted by atomic mass is 10.1. The molecule has 0 bridgehead atoms. The predicted octanol–water partition coefficient (Wildman–Crippen LogP) is 4.81. The molecule has 0 aliphatic rings. The van der Waals surface area contributed by atoms with Crippen LogP contribution in [0.15, 0.2) is 36.4 Å². The van der Waals surface area contributed by atoms with Gasteiger partial charge in [-0.25, -0.2) is 0 Å². The first-order valence-electron chi connectivity index (χ1n) is 7.85. The number of aromatic nitrogens is 1. The van der Waals surface area contributed by atoms with Crippen molar-refractivity contribution in [2.75, 3.05) is 13.7 Å². The first kappa shape index (κ1) is 17.2. The molecule has 2 N–H and O–H groups in total. The number of rotatable bonds is 5. The van der Waals surface area contributed by atoms with Crippen LogP contribution in [-0.2, 0) is 13.0 Å². The van der Waals surface area contributed by atoms with Crippen LogP contribution in [0.1, 0.15) is 16.8 Å². The number of nitrogens with two attached hydrogens (primary N) is 1. The Kier molecular flexibility index (Phi) is 5.04. The van der Waals surface area contributed by atoms with E-state index >= 15 is 0 Å². The Morgan fingerprint density at radius 2 is 1.88 bits per heavy atom. The quantitative estimate of drug-likeness (QED) is 0.706. The van der Waals surface area contributed by atoms with E-state index in [0.717, 1.165) is 24.3 Å². The standard InChI is InChI=1S/C19H20Cl2N2O/c1-12-15(7-8-22)16-10-14(24-2)4-6-19(16)23(12)11-13-3-5-17(20)18(21)9-13/h3-6,9-10H,7-8,11,22H2,1-2H3. The molecular weight excluding hydrogens is 343 g/mol. The number of hydrogen-bond acceptors (Lipinski definition) is 2. The molecule has 0 saturated carbocycles. The largest absolute Gasteiger partial charge is 0.497 e. The van der Waals surface area contributed by atoms with Crippen LogP contribution in [0, 0.1) is 6.92 Å². The van der Waals surface area contributed by atoms with Gasteiger partial charge in [0.1, 0.15) is 5.75 Å². The molecule has 126 valence electrons. The van der Waals surface area contributed by atoms with E-state index in [1.807, 2.05) is 24.3 Å². The van der Waals surface area contributed by atoms with E-state index < -0.39 is 0 Å². The highest BCUT2D eigenvalue weighted by atomic mass is 35.5. The van der Waals surface area contributed by atoms with Crippen molar-refractivity contribution in [1.29, 1.82) is 0 Å². The molecule has 0 unspecified atom stereocenters. The highest BCUT2D eigenvalue weighted by Gasteiger charge is 2.15. The minimum absolute atomic E-state index is 0.572. The van der Waals surface area contributed by atoms with Gasteiger partial charge in [-0.1, -0.05) is 29.3 Å². The third kappa shape index (κ3) is 3.12. The zero-order valence-corrected chi connectivity index (χ0v) is 15.3. The monoisotopic (exact) mass is 362 g/mol. The normalized spacial score (nSPS) is 11.2. The van der Waals surface area contributed by atoms with Crippen molar-refractivity contribution in [1.82, 2.24) is 4.57 Å². The van der Waals surface area contributed by atoms with Crippen molar-refractivity contribution in [2.24, 2.45) is 5.73 Å². The Hall–Kier alpha value is -1.68. The lowest BCUT2D eigenvalue weighted by molar-refractivity contribution is 0.415. The van der Waals surface area contributed by atoms with Gasteiger partial charge in [-0.3, -0.25) is 0 Å². The Morgan fingerprint density at radius 1 is 1.08 bits per heavy atom. The van der Waals surface area contributed by atoms with E-state index in [1.54, 1.807) is 7.11 Å². The van der Waals surface area contributed by atoms with Crippen molar-refractivity contribution in [3.05, 3.63) is 63.3 Å². The Bertz CT molecular complexity index is 887. The van der Waals surface area contributed by atoms with Crippen LogP contribution in [0.25, 0.3) is 10.9 Å². The number of methoxy groups -OCH3 is 1. The minimum atomic E-state index is 0.572. The van der Waals surface area contributed by atoms with E-state index in [9.17, 15) is 0 Å². The summed E-state index contributed by atoms with van der Waals surface area (Å²) in [7, 11) is 1.68. The highest BCUT2D eigenvalue weighted by Crippen LogP contribution is 2.31. The second kappa shape index (κ2) is 7.06. The van der Waals surface area contributed by atoms with E-state index in [-0.39, 0.29) is 0 Å². The van der Waals surface area contributed by atoms with E-state index in [4.69, 9.17) is 33.7 Å². The van der Waals surface area contributed by atoms with Gasteiger partial charge in [0, 0.05) is 23.1 Å². The van der Waals surface area contributed by atoms with Gasteiger partial charge in [0.2, 0.25) is 0 Å². The molecule has 0 atom stereocenters. The molecule has 24 heavy (non-hydrogen) atoms. The summed E-state index contributed by atoms with van der Waals surface area (Å²) in [5, 5.41) is 2.34. The van der Waals surface area contributed by atoms with Gasteiger partial charge in [0.25, 0.3) is 0 Å². The summed E-state index contributed by atoms with van der Waals surface area (Å²) in [5.74, 6) is 0.854. The number of benzene rings is 2. The van der Waals surface area contributed by atoms with Crippen LogP contribution in [-0.4, -0.2) is 18.2 Å². The average Bonchev–Trinajstić information content (AvgIpc) is 2.83. The fourth-order valence-electron chi connectivity index (χ4n) is 3.14. The van der Waals surface area contributed by atoms with Gasteiger partial charge in [-0.2, -0.15) is 0 Å². The lowest BCUT2D eigenvalue weighted by Crippen LogP contribution is -2.06. The summed E-state index contributed by atoms with van der Waals surface area (Å²) in [4.78, 5) is 0. The highest BCUT2D eigenvalue weighted by molar-refractivity contribution is 6.42. The van der Waals surface area contributed by atoms with Gasteiger partial charge >= 0.3 is 0 Å². The van der Waals surface area contributed by atoms with Gasteiger partial charge in [0.05, 0.1) is 17.2 Å². The SMILES string of the molecule is COc1ccc2c(c1)c(CCN)c(C)n2Cc1ccc(Cl)c(Cl)c1. The van der Waals surface area contributed by atoms with Gasteiger partial charge < -0.3 is 15.0 Å². The second-order valence-corrected chi connectivity index (χ2v) is 6.63. The maximum Gasteiger partial charge on any atom is 0.119 e. The van der Waals surface area contributed by atoms with E-state index in [2.05, 4.69) is 23.6 Å². The number of ether oxygens (including phenoxy) is 1. The fourth-order valence-corrected chi connectivity index (χ4v) is 3.46. The smallest absolute Gasteiger partial charge is 0.119 e. The summed E-state index contributed by atoms with van der Waals surface area (Å²) in [6.07, 6.45) is 0.837. The van der Waals surface area contributed by atoms with Crippen molar-refractivity contribution in [3.63, 3.8) is 0 Å². The molecule has 0 aliphatic heterocycles. The molecule has 0 spiro atoms. The molecular formula is C19H20Cl2N2O. The molecule has 3 rings (SSSR count). The number of halogens is 2. The zero-order valence-electron chi connectivity index (χ0n) is 13.8. The molecule has 2 aromatic carbocycles. The summed E-state index contributed by atoms with van der Waals surface area (Å²) >= 11 is 12.2. The second-order valence-electron chi connectivity index (χ2n) is 5.82. The van der Waals surface area contributed by atoms with Crippen LogP contribution in [0.4, 0.5) is 0 Å². The van der Waals surface area contributed by atoms with Crippen LogP contribution < -0.4 is 10.5 Å². The summed E-state index contributed by atoms with van der Waals surface area (Å²) in [5.41, 5.74) is 10.6. The third-order valence-electron chi connectivity index (χ3n) is 4.38. The number of fused-ring (bicyclic) bond motifs is 1. The molecule has 0 radical (unpaired) electrons. The van der Waals surface area contributed by atoms with Gasteiger partial charge in [0.15, 0.2) is 0 Å². The molecule has 3 aromatic rings. The Morgan fingerprint density at radius 3 is 2.54 bits per heavy atom. The Balaban J connectivity index is 2.12. The van der Waals surface area contributed by atoms with Crippen LogP contribution >= 0.6 is 23.2 Å². The molecule has 1 heterocycles.